The van der Waals surface area contributed by atoms with E-state index in [4.69, 9.17) is 5.73 Å². The molecule has 2 heterocycles. The predicted octanol–water partition coefficient (Wildman–Crippen LogP) is 6.12. The summed E-state index contributed by atoms with van der Waals surface area (Å²) in [4.78, 5) is 27.7. The zero-order valence-corrected chi connectivity index (χ0v) is 23.4. The predicted molar refractivity (Wildman–Crippen MR) is 164 cm³/mol. The molecular weight excluding hydrogens is 525 g/mol. The molecule has 0 radical (unpaired) electrons. The molecule has 2 N–H and O–H groups in total. The van der Waals surface area contributed by atoms with Gasteiger partial charge in [0.2, 0.25) is 5.95 Å². The van der Waals surface area contributed by atoms with Gasteiger partial charge in [-0.05, 0) is 65.5 Å². The number of aromatic nitrogens is 2. The first-order valence-corrected chi connectivity index (χ1v) is 14.5. The summed E-state index contributed by atoms with van der Waals surface area (Å²) in [6, 6.07) is 16.7. The van der Waals surface area contributed by atoms with Crippen molar-refractivity contribution in [3.05, 3.63) is 130 Å². The highest BCUT2D eigenvalue weighted by Gasteiger charge is 2.34. The fourth-order valence-corrected chi connectivity index (χ4v) is 6.41. The van der Waals surface area contributed by atoms with Crippen LogP contribution in [0.4, 0.5) is 10.3 Å². The molecule has 210 valence electrons. The monoisotopic (exact) mass is 557 g/mol. The fraction of sp³-hybridized carbons (Fsp3) is 0.229. The van der Waals surface area contributed by atoms with E-state index in [0.717, 1.165) is 56.7 Å². The summed E-state index contributed by atoms with van der Waals surface area (Å²) in [6.45, 7) is 5.16. The SMILES string of the molecule is Nc1nc2c(c(-c3ccc(F)cc3)n1)C(=O)C1=CC=CC(C3=CC=C(N4CCN(Cc5ccccc5)CC4)CC3)=C2C1. The standard InChI is InChI=1S/C35H32FN5O/c36-27-13-9-25(10-14-27)32-31-33(39-35(37)38-32)30-21-26(34(31)42)7-4-8-29(30)24-11-15-28(16-12-24)41-19-17-40(18-20-41)22-23-5-2-1-3-6-23/h1-11,13-15H,12,16-22H2,(H2,37,38,39). The zero-order chi connectivity index (χ0) is 28.6. The van der Waals surface area contributed by atoms with Crippen molar-refractivity contribution in [1.82, 2.24) is 19.8 Å². The van der Waals surface area contributed by atoms with Crippen LogP contribution in [0.25, 0.3) is 16.8 Å². The van der Waals surface area contributed by atoms with E-state index >= 15 is 0 Å². The second-order valence-electron chi connectivity index (χ2n) is 11.2. The van der Waals surface area contributed by atoms with Gasteiger partial charge in [0.25, 0.3) is 0 Å². The Morgan fingerprint density at radius 1 is 0.833 bits per heavy atom. The zero-order valence-electron chi connectivity index (χ0n) is 23.4. The number of nitrogens with two attached hydrogens (primary N) is 1. The van der Waals surface area contributed by atoms with Gasteiger partial charge in [-0.2, -0.15) is 0 Å². The van der Waals surface area contributed by atoms with Crippen molar-refractivity contribution in [3.8, 4) is 11.3 Å². The Bertz CT molecular complexity index is 1710. The van der Waals surface area contributed by atoms with Crippen molar-refractivity contribution >= 4 is 17.3 Å². The lowest BCUT2D eigenvalue weighted by molar-refractivity contribution is 0.103. The van der Waals surface area contributed by atoms with Crippen molar-refractivity contribution in [2.75, 3.05) is 31.9 Å². The van der Waals surface area contributed by atoms with E-state index in [9.17, 15) is 9.18 Å². The van der Waals surface area contributed by atoms with Gasteiger partial charge in [0, 0.05) is 56.0 Å². The maximum Gasteiger partial charge on any atom is 0.221 e. The number of benzene rings is 2. The van der Waals surface area contributed by atoms with Crippen LogP contribution in [-0.4, -0.2) is 51.7 Å². The van der Waals surface area contributed by atoms with Gasteiger partial charge in [-0.3, -0.25) is 9.69 Å². The highest BCUT2D eigenvalue weighted by Crippen LogP contribution is 2.43. The van der Waals surface area contributed by atoms with E-state index < -0.39 is 0 Å². The largest absolute Gasteiger partial charge is 0.372 e. The Morgan fingerprint density at radius 2 is 1.60 bits per heavy atom. The smallest absolute Gasteiger partial charge is 0.221 e. The first-order chi connectivity index (χ1) is 20.5. The Hall–Kier alpha value is -4.62. The van der Waals surface area contributed by atoms with Crippen LogP contribution in [0.1, 0.15) is 40.9 Å². The molecule has 1 fully saturated rings. The molecule has 0 saturated carbocycles. The van der Waals surface area contributed by atoms with Crippen LogP contribution in [0, 0.1) is 5.82 Å². The van der Waals surface area contributed by atoms with Crippen molar-refractivity contribution in [1.29, 1.82) is 0 Å². The van der Waals surface area contributed by atoms with Crippen molar-refractivity contribution < 1.29 is 9.18 Å². The average molecular weight is 558 g/mol. The van der Waals surface area contributed by atoms with E-state index in [1.807, 2.05) is 12.2 Å². The molecular formula is C35H32FN5O. The molecule has 0 atom stereocenters. The molecule has 3 aliphatic carbocycles. The van der Waals surface area contributed by atoms with Gasteiger partial charge in [-0.15, -0.1) is 0 Å². The topological polar surface area (TPSA) is 75.3 Å². The lowest BCUT2D eigenvalue weighted by Crippen LogP contribution is -2.45. The minimum absolute atomic E-state index is 0.0968. The van der Waals surface area contributed by atoms with Crippen LogP contribution in [-0.2, 0) is 6.54 Å². The quantitative estimate of drug-likeness (QED) is 0.407. The third-order valence-electron chi connectivity index (χ3n) is 8.60. The molecule has 4 aliphatic rings. The molecule has 7 rings (SSSR count). The minimum Gasteiger partial charge on any atom is -0.372 e. The molecule has 1 aromatic heterocycles. The number of halogens is 1. The van der Waals surface area contributed by atoms with Crippen LogP contribution in [0.3, 0.4) is 0 Å². The highest BCUT2D eigenvalue weighted by molar-refractivity contribution is 6.18. The van der Waals surface area contributed by atoms with Crippen LogP contribution in [0.5, 0.6) is 0 Å². The molecule has 0 spiro atoms. The van der Waals surface area contributed by atoms with Crippen LogP contribution in [0.2, 0.25) is 0 Å². The van der Waals surface area contributed by atoms with Gasteiger partial charge < -0.3 is 10.6 Å². The van der Waals surface area contributed by atoms with Crippen LogP contribution in [0.15, 0.2) is 107 Å². The Kier molecular flexibility index (Phi) is 6.88. The van der Waals surface area contributed by atoms with E-state index in [1.165, 1.54) is 29.0 Å². The fourth-order valence-electron chi connectivity index (χ4n) is 6.41. The maximum absolute atomic E-state index is 13.7. The summed E-state index contributed by atoms with van der Waals surface area (Å²) >= 11 is 0. The second-order valence-corrected chi connectivity index (χ2v) is 11.2. The Morgan fingerprint density at radius 3 is 2.33 bits per heavy atom. The highest BCUT2D eigenvalue weighted by atomic mass is 19.1. The molecule has 2 bridgehead atoms. The lowest BCUT2D eigenvalue weighted by atomic mass is 9.80. The summed E-state index contributed by atoms with van der Waals surface area (Å²) in [5.41, 5.74) is 15.0. The van der Waals surface area contributed by atoms with Crippen LogP contribution < -0.4 is 5.73 Å². The van der Waals surface area contributed by atoms with E-state index in [0.29, 0.717) is 34.5 Å². The molecule has 0 unspecified atom stereocenters. The summed E-state index contributed by atoms with van der Waals surface area (Å²) in [5.74, 6) is -0.359. The number of carbonyl (C=O) groups excluding carboxylic acids is 1. The molecule has 6 nitrogen and oxygen atoms in total. The number of hydrogen-bond acceptors (Lipinski definition) is 6. The number of Topliss-reactive ketones (excluding diaryl/α,β-unsaturated/α-hetero) is 1. The number of anilines is 1. The number of ketones is 1. The number of piperazine rings is 1. The number of fused-ring (bicyclic) bond motifs is 4. The molecule has 7 heteroatoms. The number of rotatable bonds is 5. The molecule has 1 saturated heterocycles. The molecule has 0 amide bonds. The Balaban J connectivity index is 1.18. The summed E-state index contributed by atoms with van der Waals surface area (Å²) in [6.07, 6.45) is 12.8. The second kappa shape index (κ2) is 11.0. The van der Waals surface area contributed by atoms with Gasteiger partial charge in [0.05, 0.1) is 17.0 Å². The van der Waals surface area contributed by atoms with Gasteiger partial charge in [-0.1, -0.05) is 54.6 Å². The van der Waals surface area contributed by atoms with Crippen molar-refractivity contribution in [2.24, 2.45) is 0 Å². The number of nitrogens with zero attached hydrogens (tertiary/aromatic N) is 4. The number of allylic oxidation sites excluding steroid dienone is 10. The molecule has 42 heavy (non-hydrogen) atoms. The van der Waals surface area contributed by atoms with E-state index in [1.54, 1.807) is 12.1 Å². The summed E-state index contributed by atoms with van der Waals surface area (Å²) in [7, 11) is 0. The first-order valence-electron chi connectivity index (χ1n) is 14.5. The maximum atomic E-state index is 13.7. The third-order valence-corrected chi connectivity index (χ3v) is 8.60. The number of hydrogen-bond donors (Lipinski definition) is 1. The summed E-state index contributed by atoms with van der Waals surface area (Å²) < 4.78 is 13.7. The van der Waals surface area contributed by atoms with E-state index in [-0.39, 0.29) is 17.5 Å². The third kappa shape index (κ3) is 5.01. The molecule has 3 aromatic rings. The minimum atomic E-state index is -0.350. The summed E-state index contributed by atoms with van der Waals surface area (Å²) in [5, 5.41) is 0. The Labute approximate surface area is 245 Å². The average Bonchev–Trinajstić information content (AvgIpc) is 3.22. The van der Waals surface area contributed by atoms with Gasteiger partial charge in [-0.25, -0.2) is 14.4 Å². The van der Waals surface area contributed by atoms with Gasteiger partial charge in [0.1, 0.15) is 5.82 Å². The van der Waals surface area contributed by atoms with Crippen molar-refractivity contribution in [2.45, 2.75) is 25.8 Å². The van der Waals surface area contributed by atoms with E-state index in [2.05, 4.69) is 68.3 Å². The number of nitrogen functional groups attached to an aromatic ring is 1. The lowest BCUT2D eigenvalue weighted by Gasteiger charge is -2.38. The molecule has 1 aliphatic heterocycles. The first kappa shape index (κ1) is 26.3. The van der Waals surface area contributed by atoms with Crippen LogP contribution >= 0.6 is 0 Å². The van der Waals surface area contributed by atoms with Gasteiger partial charge >= 0.3 is 0 Å². The van der Waals surface area contributed by atoms with Crippen molar-refractivity contribution in [3.63, 3.8) is 0 Å². The number of carbonyl (C=O) groups is 1. The van der Waals surface area contributed by atoms with Gasteiger partial charge in [0.15, 0.2) is 5.78 Å². The molecule has 2 aromatic carbocycles. The normalized spacial score (nSPS) is 18.7.